The summed E-state index contributed by atoms with van der Waals surface area (Å²) in [5.74, 6) is 0.843. The van der Waals surface area contributed by atoms with Crippen molar-refractivity contribution >= 4 is 29.1 Å². The van der Waals surface area contributed by atoms with Crippen LogP contribution in [0.25, 0.3) is 11.4 Å². The van der Waals surface area contributed by atoms with Crippen molar-refractivity contribution in [2.45, 2.75) is 19.0 Å². The van der Waals surface area contributed by atoms with E-state index in [-0.39, 0.29) is 17.4 Å². The number of nitrogens with zero attached hydrogens (tertiary/aromatic N) is 3. The molecule has 0 aliphatic heterocycles. The van der Waals surface area contributed by atoms with Gasteiger partial charge in [-0.05, 0) is 43.7 Å². The van der Waals surface area contributed by atoms with Gasteiger partial charge in [-0.15, -0.1) is 10.2 Å². The molecule has 27 heavy (non-hydrogen) atoms. The van der Waals surface area contributed by atoms with E-state index < -0.39 is 0 Å². The number of hydrogen-bond acceptors (Lipinski definition) is 5. The zero-order valence-electron chi connectivity index (χ0n) is 15.4. The average molecular weight is 380 g/mol. The Hall–Kier alpha value is -2.93. The van der Waals surface area contributed by atoms with Crippen LogP contribution >= 0.6 is 11.8 Å². The number of hydrogen-bond donors (Lipinski definition) is 1. The highest BCUT2D eigenvalue weighted by molar-refractivity contribution is 7.99. The second kappa shape index (κ2) is 8.18. The fourth-order valence-electron chi connectivity index (χ4n) is 2.61. The van der Waals surface area contributed by atoms with Crippen LogP contribution in [0.2, 0.25) is 0 Å². The quantitative estimate of drug-likeness (QED) is 0.521. The third-order valence-electron chi connectivity index (χ3n) is 4.13. The van der Waals surface area contributed by atoms with Gasteiger partial charge in [0.1, 0.15) is 0 Å². The van der Waals surface area contributed by atoms with E-state index in [2.05, 4.69) is 15.5 Å². The minimum atomic E-state index is -0.143. The predicted octanol–water partition coefficient (Wildman–Crippen LogP) is 3.72. The van der Waals surface area contributed by atoms with E-state index in [9.17, 15) is 9.59 Å². The van der Waals surface area contributed by atoms with E-state index in [0.29, 0.717) is 16.4 Å². The van der Waals surface area contributed by atoms with Gasteiger partial charge < -0.3 is 9.88 Å². The van der Waals surface area contributed by atoms with Crippen molar-refractivity contribution in [1.82, 2.24) is 14.8 Å². The van der Waals surface area contributed by atoms with E-state index >= 15 is 0 Å². The average Bonchev–Trinajstić information content (AvgIpc) is 3.01. The van der Waals surface area contributed by atoms with Gasteiger partial charge in [0.05, 0.1) is 5.75 Å². The van der Waals surface area contributed by atoms with Crippen LogP contribution in [0.15, 0.2) is 53.7 Å². The third kappa shape index (κ3) is 4.43. The summed E-state index contributed by atoms with van der Waals surface area (Å²) in [5, 5.41) is 12.0. The fraction of sp³-hybridized carbons (Fsp3) is 0.200. The van der Waals surface area contributed by atoms with Gasteiger partial charge in [0, 0.05) is 23.9 Å². The Bertz CT molecular complexity index is 980. The van der Waals surface area contributed by atoms with Gasteiger partial charge in [0.25, 0.3) is 0 Å². The molecule has 0 aliphatic carbocycles. The van der Waals surface area contributed by atoms with Crippen LogP contribution in [0, 0.1) is 6.92 Å². The first-order valence-corrected chi connectivity index (χ1v) is 9.43. The second-order valence-electron chi connectivity index (χ2n) is 6.15. The number of aromatic nitrogens is 3. The summed E-state index contributed by atoms with van der Waals surface area (Å²) in [5.41, 5.74) is 3.42. The minimum Gasteiger partial charge on any atom is -0.325 e. The predicted molar refractivity (Wildman–Crippen MR) is 107 cm³/mol. The van der Waals surface area contributed by atoms with Gasteiger partial charge in [-0.3, -0.25) is 9.59 Å². The monoisotopic (exact) mass is 380 g/mol. The lowest BCUT2D eigenvalue weighted by Gasteiger charge is -2.07. The maximum Gasteiger partial charge on any atom is 0.234 e. The molecule has 0 unspecified atom stereocenters. The molecule has 3 rings (SSSR count). The van der Waals surface area contributed by atoms with Crippen LogP contribution in [0.1, 0.15) is 22.8 Å². The van der Waals surface area contributed by atoms with E-state index in [1.807, 2.05) is 42.8 Å². The van der Waals surface area contributed by atoms with Crippen LogP contribution in [-0.4, -0.2) is 32.2 Å². The number of carbonyl (C=O) groups is 2. The van der Waals surface area contributed by atoms with E-state index in [1.165, 1.54) is 18.7 Å². The summed E-state index contributed by atoms with van der Waals surface area (Å²) >= 11 is 1.33. The number of amides is 1. The lowest BCUT2D eigenvalue weighted by molar-refractivity contribution is -0.113. The molecular formula is C20H20N4O2S. The van der Waals surface area contributed by atoms with Crippen molar-refractivity contribution in [2.75, 3.05) is 11.1 Å². The standard InChI is InChI=1S/C20H20N4O2S/c1-13-6-4-5-7-17(13)19-22-23-20(24(19)3)27-12-18(26)21-16-10-8-15(9-11-16)14(2)25/h4-11H,12H2,1-3H3,(H,21,26). The molecule has 0 radical (unpaired) electrons. The number of anilines is 1. The summed E-state index contributed by atoms with van der Waals surface area (Å²) in [4.78, 5) is 23.5. The Morgan fingerprint density at radius 1 is 1.07 bits per heavy atom. The SMILES string of the molecule is CC(=O)c1ccc(NC(=O)CSc2nnc(-c3ccccc3C)n2C)cc1. The molecule has 1 N–H and O–H groups in total. The third-order valence-corrected chi connectivity index (χ3v) is 5.15. The molecule has 6 nitrogen and oxygen atoms in total. The maximum atomic E-state index is 12.2. The fourth-order valence-corrected chi connectivity index (χ4v) is 3.33. The van der Waals surface area contributed by atoms with Crippen molar-refractivity contribution in [2.24, 2.45) is 7.05 Å². The van der Waals surface area contributed by atoms with Crippen molar-refractivity contribution in [3.05, 3.63) is 59.7 Å². The largest absolute Gasteiger partial charge is 0.325 e. The summed E-state index contributed by atoms with van der Waals surface area (Å²) in [6, 6.07) is 14.8. The molecule has 0 atom stereocenters. The summed E-state index contributed by atoms with van der Waals surface area (Å²) < 4.78 is 1.89. The van der Waals surface area contributed by atoms with Gasteiger partial charge in [0.15, 0.2) is 16.8 Å². The number of Topliss-reactive ketones (excluding diaryl/α,β-unsaturated/α-hetero) is 1. The summed E-state index contributed by atoms with van der Waals surface area (Å²) in [6.45, 7) is 3.54. The summed E-state index contributed by atoms with van der Waals surface area (Å²) in [6.07, 6.45) is 0. The van der Waals surface area contributed by atoms with Gasteiger partial charge in [-0.25, -0.2) is 0 Å². The Labute approximate surface area is 162 Å². The number of rotatable bonds is 6. The highest BCUT2D eigenvalue weighted by atomic mass is 32.2. The molecule has 0 bridgehead atoms. The number of thioether (sulfide) groups is 1. The second-order valence-corrected chi connectivity index (χ2v) is 7.09. The van der Waals surface area contributed by atoms with E-state index in [1.54, 1.807) is 24.3 Å². The summed E-state index contributed by atoms with van der Waals surface area (Å²) in [7, 11) is 1.89. The first-order chi connectivity index (χ1) is 13.0. The molecule has 0 aliphatic rings. The number of nitrogens with one attached hydrogen (secondary N) is 1. The van der Waals surface area contributed by atoms with Crippen molar-refractivity contribution < 1.29 is 9.59 Å². The van der Waals surface area contributed by atoms with Gasteiger partial charge in [-0.2, -0.15) is 0 Å². The molecular weight excluding hydrogens is 360 g/mol. The zero-order chi connectivity index (χ0) is 19.4. The lowest BCUT2D eigenvalue weighted by atomic mass is 10.1. The van der Waals surface area contributed by atoms with Gasteiger partial charge >= 0.3 is 0 Å². The molecule has 138 valence electrons. The maximum absolute atomic E-state index is 12.2. The first-order valence-electron chi connectivity index (χ1n) is 8.44. The molecule has 0 fully saturated rings. The number of carbonyl (C=O) groups excluding carboxylic acids is 2. The number of ketones is 1. The molecule has 1 aromatic heterocycles. The smallest absolute Gasteiger partial charge is 0.234 e. The molecule has 0 saturated heterocycles. The molecule has 1 amide bonds. The Balaban J connectivity index is 1.62. The molecule has 0 spiro atoms. The molecule has 3 aromatic rings. The zero-order valence-corrected chi connectivity index (χ0v) is 16.2. The van der Waals surface area contributed by atoms with E-state index in [0.717, 1.165) is 17.0 Å². The number of benzene rings is 2. The Morgan fingerprint density at radius 3 is 2.44 bits per heavy atom. The van der Waals surface area contributed by atoms with E-state index in [4.69, 9.17) is 0 Å². The lowest BCUT2D eigenvalue weighted by Crippen LogP contribution is -2.14. The Kier molecular flexibility index (Phi) is 5.71. The van der Waals surface area contributed by atoms with Crippen molar-refractivity contribution in [1.29, 1.82) is 0 Å². The minimum absolute atomic E-state index is 0.00447. The molecule has 2 aromatic carbocycles. The topological polar surface area (TPSA) is 76.9 Å². The number of aryl methyl sites for hydroxylation is 1. The van der Waals surface area contributed by atoms with Crippen LogP contribution in [0.5, 0.6) is 0 Å². The van der Waals surface area contributed by atoms with Crippen LogP contribution < -0.4 is 5.32 Å². The molecule has 0 saturated carbocycles. The highest BCUT2D eigenvalue weighted by Crippen LogP contribution is 2.25. The van der Waals surface area contributed by atoms with Crippen molar-refractivity contribution in [3.63, 3.8) is 0 Å². The highest BCUT2D eigenvalue weighted by Gasteiger charge is 2.14. The molecule has 7 heteroatoms. The van der Waals surface area contributed by atoms with Gasteiger partial charge in [0.2, 0.25) is 5.91 Å². The first kappa shape index (κ1) is 18.8. The van der Waals surface area contributed by atoms with Crippen LogP contribution in [0.4, 0.5) is 5.69 Å². The van der Waals surface area contributed by atoms with Gasteiger partial charge in [-0.1, -0.05) is 36.0 Å². The normalized spacial score (nSPS) is 10.6. The van der Waals surface area contributed by atoms with Crippen molar-refractivity contribution in [3.8, 4) is 11.4 Å². The molecule has 1 heterocycles. The Morgan fingerprint density at radius 2 is 1.78 bits per heavy atom. The van der Waals surface area contributed by atoms with Crippen LogP contribution in [0.3, 0.4) is 0 Å². The van der Waals surface area contributed by atoms with Crippen LogP contribution in [-0.2, 0) is 11.8 Å².